The van der Waals surface area contributed by atoms with Crippen LogP contribution < -0.4 is 10.8 Å². The van der Waals surface area contributed by atoms with E-state index >= 15 is 0 Å². The Morgan fingerprint density at radius 3 is 2.75 bits per heavy atom. The van der Waals surface area contributed by atoms with Crippen molar-refractivity contribution in [1.29, 1.82) is 0 Å². The quantitative estimate of drug-likeness (QED) is 0.667. The second kappa shape index (κ2) is 3.44. The maximum absolute atomic E-state index is 5.69. The third-order valence-corrected chi connectivity index (χ3v) is 1.58. The predicted octanol–water partition coefficient (Wildman–Crippen LogP) is 0.390. The summed E-state index contributed by atoms with van der Waals surface area (Å²) in [6, 6.07) is 0. The summed E-state index contributed by atoms with van der Waals surface area (Å²) < 4.78 is 1.66. The summed E-state index contributed by atoms with van der Waals surface area (Å²) in [5, 5.41) is 5.78. The molecule has 12 heavy (non-hydrogen) atoms. The van der Waals surface area contributed by atoms with Crippen molar-refractivity contribution in [3.63, 3.8) is 0 Å². The molecule has 5 nitrogen and oxygen atoms in total. The lowest BCUT2D eigenvalue weighted by molar-refractivity contribution is 0.168. The standard InChI is InChI=1S/C7H14N4O/c1-4-11(12-3)7-6(8)5-10(2)9-7/h5H,4,8H2,1-3H3. The van der Waals surface area contributed by atoms with Crippen molar-refractivity contribution in [3.8, 4) is 0 Å². The summed E-state index contributed by atoms with van der Waals surface area (Å²) in [5.74, 6) is 0.669. The van der Waals surface area contributed by atoms with Gasteiger partial charge < -0.3 is 5.73 Å². The molecule has 5 heteroatoms. The van der Waals surface area contributed by atoms with Gasteiger partial charge in [-0.05, 0) is 6.92 Å². The van der Waals surface area contributed by atoms with Crippen molar-refractivity contribution >= 4 is 11.5 Å². The van der Waals surface area contributed by atoms with Gasteiger partial charge in [0, 0.05) is 19.8 Å². The highest BCUT2D eigenvalue weighted by Crippen LogP contribution is 2.19. The number of nitrogens with two attached hydrogens (primary N) is 1. The molecule has 0 bridgehead atoms. The average molecular weight is 170 g/mol. The molecule has 68 valence electrons. The van der Waals surface area contributed by atoms with Crippen LogP contribution in [0.25, 0.3) is 0 Å². The molecule has 1 aromatic heterocycles. The van der Waals surface area contributed by atoms with E-state index in [4.69, 9.17) is 10.6 Å². The number of hydrogen-bond donors (Lipinski definition) is 1. The van der Waals surface area contributed by atoms with E-state index in [1.54, 1.807) is 23.1 Å². The van der Waals surface area contributed by atoms with E-state index in [2.05, 4.69) is 5.10 Å². The number of nitrogens with zero attached hydrogens (tertiary/aromatic N) is 3. The lowest BCUT2D eigenvalue weighted by Gasteiger charge is -2.16. The van der Waals surface area contributed by atoms with E-state index in [-0.39, 0.29) is 0 Å². The first-order chi connectivity index (χ1) is 5.69. The minimum Gasteiger partial charge on any atom is -0.394 e. The summed E-state index contributed by atoms with van der Waals surface area (Å²) in [5.41, 5.74) is 6.31. The Labute approximate surface area is 71.7 Å². The molecule has 2 N–H and O–H groups in total. The first-order valence-corrected chi connectivity index (χ1v) is 3.79. The third kappa shape index (κ3) is 1.50. The average Bonchev–Trinajstić information content (AvgIpc) is 2.34. The fourth-order valence-corrected chi connectivity index (χ4v) is 1.05. The Balaban J connectivity index is 2.91. The zero-order valence-electron chi connectivity index (χ0n) is 7.61. The van der Waals surface area contributed by atoms with Crippen molar-refractivity contribution in [1.82, 2.24) is 9.78 Å². The lowest BCUT2D eigenvalue weighted by Crippen LogP contribution is -2.22. The minimum atomic E-state index is 0.626. The van der Waals surface area contributed by atoms with Crippen LogP contribution in [-0.2, 0) is 11.9 Å². The molecular formula is C7H14N4O. The van der Waals surface area contributed by atoms with Crippen molar-refractivity contribution in [2.75, 3.05) is 24.5 Å². The van der Waals surface area contributed by atoms with E-state index in [1.807, 2.05) is 14.0 Å². The predicted molar refractivity (Wildman–Crippen MR) is 47.6 cm³/mol. The molecule has 0 radical (unpaired) electrons. The van der Waals surface area contributed by atoms with E-state index < -0.39 is 0 Å². The molecule has 0 aliphatic carbocycles. The van der Waals surface area contributed by atoms with Gasteiger partial charge in [0.15, 0.2) is 5.82 Å². The third-order valence-electron chi connectivity index (χ3n) is 1.58. The first kappa shape index (κ1) is 8.86. The van der Waals surface area contributed by atoms with Gasteiger partial charge in [-0.1, -0.05) is 0 Å². The Morgan fingerprint density at radius 1 is 1.75 bits per heavy atom. The number of aromatic nitrogens is 2. The zero-order chi connectivity index (χ0) is 9.14. The summed E-state index contributed by atoms with van der Waals surface area (Å²) in [7, 11) is 3.42. The monoisotopic (exact) mass is 170 g/mol. The SMILES string of the molecule is CCN(OC)c1nn(C)cc1N. The number of hydrogen-bond acceptors (Lipinski definition) is 4. The van der Waals surface area contributed by atoms with Crippen LogP contribution in [0, 0.1) is 0 Å². The maximum Gasteiger partial charge on any atom is 0.197 e. The number of aryl methyl sites for hydroxylation is 1. The minimum absolute atomic E-state index is 0.626. The number of hydroxylamine groups is 1. The van der Waals surface area contributed by atoms with Gasteiger partial charge in [0.05, 0.1) is 12.8 Å². The van der Waals surface area contributed by atoms with Crippen molar-refractivity contribution < 1.29 is 4.84 Å². The normalized spacial score (nSPS) is 10.2. The molecule has 0 saturated heterocycles. The van der Waals surface area contributed by atoms with Crippen molar-refractivity contribution in [2.45, 2.75) is 6.92 Å². The van der Waals surface area contributed by atoms with Crippen molar-refractivity contribution in [2.24, 2.45) is 7.05 Å². The summed E-state index contributed by atoms with van der Waals surface area (Å²) >= 11 is 0. The van der Waals surface area contributed by atoms with Crippen molar-refractivity contribution in [3.05, 3.63) is 6.20 Å². The lowest BCUT2D eigenvalue weighted by atomic mass is 10.5. The van der Waals surface area contributed by atoms with Crippen LogP contribution in [0.2, 0.25) is 0 Å². The summed E-state index contributed by atoms with van der Waals surface area (Å²) in [4.78, 5) is 5.06. The number of nitrogen functional groups attached to an aromatic ring is 1. The molecule has 1 rings (SSSR count). The topological polar surface area (TPSA) is 56.3 Å². The van der Waals surface area contributed by atoms with Crippen LogP contribution in [0.3, 0.4) is 0 Å². The van der Waals surface area contributed by atoms with E-state index in [9.17, 15) is 0 Å². The molecule has 0 saturated carbocycles. The highest BCUT2D eigenvalue weighted by atomic mass is 16.7. The molecule has 1 aromatic rings. The van der Waals surface area contributed by atoms with Gasteiger partial charge in [0.1, 0.15) is 0 Å². The molecular weight excluding hydrogens is 156 g/mol. The van der Waals surface area contributed by atoms with Gasteiger partial charge in [-0.25, -0.2) is 5.06 Å². The van der Waals surface area contributed by atoms with E-state index in [0.717, 1.165) is 6.54 Å². The Morgan fingerprint density at radius 2 is 2.42 bits per heavy atom. The van der Waals surface area contributed by atoms with Gasteiger partial charge in [-0.3, -0.25) is 9.52 Å². The van der Waals surface area contributed by atoms with Crippen LogP contribution in [-0.4, -0.2) is 23.4 Å². The summed E-state index contributed by atoms with van der Waals surface area (Å²) in [6.07, 6.45) is 1.75. The molecule has 0 aliphatic rings. The Bertz CT molecular complexity index is 254. The Kier molecular flexibility index (Phi) is 2.54. The van der Waals surface area contributed by atoms with Crippen LogP contribution >= 0.6 is 0 Å². The largest absolute Gasteiger partial charge is 0.394 e. The van der Waals surface area contributed by atoms with E-state index in [0.29, 0.717) is 11.5 Å². The molecule has 0 aromatic carbocycles. The first-order valence-electron chi connectivity index (χ1n) is 3.79. The van der Waals surface area contributed by atoms with Gasteiger partial charge in [0.2, 0.25) is 0 Å². The zero-order valence-corrected chi connectivity index (χ0v) is 7.61. The highest BCUT2D eigenvalue weighted by Gasteiger charge is 2.10. The van der Waals surface area contributed by atoms with Crippen LogP contribution in [0.15, 0.2) is 6.20 Å². The van der Waals surface area contributed by atoms with Gasteiger partial charge in [-0.15, -0.1) is 0 Å². The van der Waals surface area contributed by atoms with Gasteiger partial charge >= 0.3 is 0 Å². The molecule has 0 spiro atoms. The number of rotatable bonds is 3. The van der Waals surface area contributed by atoms with Crippen LogP contribution in [0.4, 0.5) is 11.5 Å². The fraction of sp³-hybridized carbons (Fsp3) is 0.571. The van der Waals surface area contributed by atoms with Gasteiger partial charge in [0.25, 0.3) is 0 Å². The molecule has 1 heterocycles. The van der Waals surface area contributed by atoms with E-state index in [1.165, 1.54) is 0 Å². The second-order valence-corrected chi connectivity index (χ2v) is 2.46. The van der Waals surface area contributed by atoms with Gasteiger partial charge in [-0.2, -0.15) is 5.10 Å². The smallest absolute Gasteiger partial charge is 0.197 e. The molecule has 0 atom stereocenters. The van der Waals surface area contributed by atoms with Crippen LogP contribution in [0.1, 0.15) is 6.92 Å². The number of anilines is 2. The molecule has 0 fully saturated rings. The van der Waals surface area contributed by atoms with Crippen LogP contribution in [0.5, 0.6) is 0 Å². The second-order valence-electron chi connectivity index (χ2n) is 2.46. The fourth-order valence-electron chi connectivity index (χ4n) is 1.05. The molecule has 0 aliphatic heterocycles. The maximum atomic E-state index is 5.69. The highest BCUT2D eigenvalue weighted by molar-refractivity contribution is 5.60. The molecule has 0 unspecified atom stereocenters. The summed E-state index contributed by atoms with van der Waals surface area (Å²) in [6.45, 7) is 2.69. The molecule has 0 amide bonds. The Hall–Kier alpha value is -1.23.